The number of hydrogen-bond donors (Lipinski definition) is 1. The number of ether oxygens (including phenoxy) is 3. The van der Waals surface area contributed by atoms with Crippen LogP contribution < -0.4 is 0 Å². The maximum Gasteiger partial charge on any atom is 0.397 e. The zero-order valence-electron chi connectivity index (χ0n) is 15.5. The van der Waals surface area contributed by atoms with Crippen LogP contribution in [-0.2, 0) is 46.8 Å². The highest BCUT2D eigenvalue weighted by Gasteiger charge is 2.39. The number of hydrogen-bond acceptors (Lipinski definition) is 7. The van der Waals surface area contributed by atoms with Crippen molar-refractivity contribution >= 4 is 16.4 Å². The summed E-state index contributed by atoms with van der Waals surface area (Å²) in [5, 5.41) is 0. The fourth-order valence-corrected chi connectivity index (χ4v) is 3.43. The van der Waals surface area contributed by atoms with Crippen molar-refractivity contribution in [2.45, 2.75) is 37.9 Å². The quantitative estimate of drug-likeness (QED) is 0.510. The van der Waals surface area contributed by atoms with Gasteiger partial charge in [-0.25, -0.2) is 8.98 Å². The van der Waals surface area contributed by atoms with Gasteiger partial charge in [-0.2, -0.15) is 8.42 Å². The fraction of sp³-hybridized carbons (Fsp3) is 0.350. The number of carbonyl (C=O) groups is 1. The maximum atomic E-state index is 12.4. The predicted molar refractivity (Wildman–Crippen MR) is 102 cm³/mol. The molecule has 1 saturated heterocycles. The van der Waals surface area contributed by atoms with Crippen molar-refractivity contribution in [1.29, 1.82) is 0 Å². The molecule has 0 saturated carbocycles. The zero-order valence-corrected chi connectivity index (χ0v) is 16.4. The second-order valence-corrected chi connectivity index (χ2v) is 7.60. The van der Waals surface area contributed by atoms with Gasteiger partial charge in [0.1, 0.15) is 12.7 Å². The van der Waals surface area contributed by atoms with Crippen molar-refractivity contribution in [1.82, 2.24) is 0 Å². The van der Waals surface area contributed by atoms with Gasteiger partial charge >= 0.3 is 16.4 Å². The minimum absolute atomic E-state index is 0.0284. The van der Waals surface area contributed by atoms with Gasteiger partial charge in [0.05, 0.1) is 19.3 Å². The highest BCUT2D eigenvalue weighted by molar-refractivity contribution is 7.80. The van der Waals surface area contributed by atoms with Gasteiger partial charge in [0, 0.05) is 6.42 Å². The first-order valence-electron chi connectivity index (χ1n) is 9.04. The molecule has 1 fully saturated rings. The summed E-state index contributed by atoms with van der Waals surface area (Å²) in [4.78, 5) is 12.4. The third-order valence-corrected chi connectivity index (χ3v) is 4.85. The Morgan fingerprint density at radius 1 is 0.966 bits per heavy atom. The highest BCUT2D eigenvalue weighted by Crippen LogP contribution is 2.23. The molecule has 3 atom stereocenters. The van der Waals surface area contributed by atoms with Gasteiger partial charge in [-0.05, 0) is 11.1 Å². The minimum atomic E-state index is -4.70. The van der Waals surface area contributed by atoms with Crippen molar-refractivity contribution in [3.63, 3.8) is 0 Å². The molecule has 0 bridgehead atoms. The van der Waals surface area contributed by atoms with E-state index in [1.807, 2.05) is 60.7 Å². The molecule has 3 rings (SSSR count). The normalized spacial score (nSPS) is 22.2. The second-order valence-electron chi connectivity index (χ2n) is 6.55. The number of benzene rings is 2. The van der Waals surface area contributed by atoms with E-state index >= 15 is 0 Å². The van der Waals surface area contributed by atoms with Crippen molar-refractivity contribution in [3.8, 4) is 0 Å². The Hall–Kier alpha value is -2.30. The monoisotopic (exact) mass is 422 g/mol. The van der Waals surface area contributed by atoms with Crippen molar-refractivity contribution in [2.75, 3.05) is 6.61 Å². The summed E-state index contributed by atoms with van der Waals surface area (Å²) >= 11 is 0. The first-order valence-corrected chi connectivity index (χ1v) is 10.4. The molecular formula is C20H22O8S. The summed E-state index contributed by atoms with van der Waals surface area (Å²) in [6, 6.07) is 18.5. The van der Waals surface area contributed by atoms with Gasteiger partial charge in [0.15, 0.2) is 6.10 Å². The molecule has 9 heteroatoms. The molecule has 0 amide bonds. The third kappa shape index (κ3) is 6.91. The average molecular weight is 422 g/mol. The smallest absolute Gasteiger partial charge is 0.397 e. The molecule has 29 heavy (non-hydrogen) atoms. The Kier molecular flexibility index (Phi) is 7.34. The molecule has 1 heterocycles. The van der Waals surface area contributed by atoms with Crippen LogP contribution >= 0.6 is 0 Å². The molecule has 0 radical (unpaired) electrons. The first-order chi connectivity index (χ1) is 13.9. The largest absolute Gasteiger partial charge is 0.459 e. The summed E-state index contributed by atoms with van der Waals surface area (Å²) in [6.45, 7) is 0.0347. The molecule has 2 aromatic rings. The lowest BCUT2D eigenvalue weighted by atomic mass is 10.0. The van der Waals surface area contributed by atoms with E-state index in [9.17, 15) is 13.2 Å². The second kappa shape index (κ2) is 9.95. The lowest BCUT2D eigenvalue weighted by Gasteiger charge is -2.33. The van der Waals surface area contributed by atoms with E-state index in [1.165, 1.54) is 0 Å². The van der Waals surface area contributed by atoms with E-state index in [1.54, 1.807) is 0 Å². The number of rotatable bonds is 8. The first kappa shape index (κ1) is 21.4. The van der Waals surface area contributed by atoms with E-state index in [0.29, 0.717) is 0 Å². The lowest BCUT2D eigenvalue weighted by molar-refractivity contribution is -0.179. The molecule has 156 valence electrons. The zero-order chi connectivity index (χ0) is 20.7. The predicted octanol–water partition coefficient (Wildman–Crippen LogP) is 2.29. The van der Waals surface area contributed by atoms with Gasteiger partial charge in [-0.1, -0.05) is 60.7 Å². The van der Waals surface area contributed by atoms with Crippen LogP contribution in [0.5, 0.6) is 0 Å². The third-order valence-electron chi connectivity index (χ3n) is 4.36. The molecule has 1 N–H and O–H groups in total. The summed E-state index contributed by atoms with van der Waals surface area (Å²) in [6.07, 6.45) is -2.77. The molecule has 0 spiro atoms. The Bertz CT molecular complexity index is 885. The Morgan fingerprint density at radius 3 is 2.14 bits per heavy atom. The van der Waals surface area contributed by atoms with Crippen LogP contribution in [0.4, 0.5) is 0 Å². The Morgan fingerprint density at radius 2 is 1.55 bits per heavy atom. The molecule has 0 aromatic heterocycles. The van der Waals surface area contributed by atoms with Crippen molar-refractivity contribution in [2.24, 2.45) is 0 Å². The summed E-state index contributed by atoms with van der Waals surface area (Å²) in [5.41, 5.74) is 1.70. The molecule has 1 aliphatic heterocycles. The van der Waals surface area contributed by atoms with Crippen LogP contribution in [0.2, 0.25) is 0 Å². The van der Waals surface area contributed by atoms with E-state index in [4.69, 9.17) is 18.8 Å². The van der Waals surface area contributed by atoms with Crippen LogP contribution in [-0.4, -0.2) is 43.9 Å². The van der Waals surface area contributed by atoms with Crippen LogP contribution in [0.3, 0.4) is 0 Å². The maximum absolute atomic E-state index is 12.4. The minimum Gasteiger partial charge on any atom is -0.459 e. The number of carbonyl (C=O) groups excluding carboxylic acids is 1. The van der Waals surface area contributed by atoms with Crippen LogP contribution in [0.25, 0.3) is 0 Å². The molecule has 1 aliphatic rings. The standard InChI is InChI=1S/C20H22O8S/c21-20(27-13-16-9-5-2-6-10-16)18-11-17(19(14-26-18)28-29(22,23)24)25-12-15-7-3-1-4-8-15/h1-10,17-19H,11-14H2,(H,22,23,24)/t17-,18?,19?/m1/s1. The molecule has 2 aromatic carbocycles. The van der Waals surface area contributed by atoms with E-state index < -0.39 is 34.7 Å². The van der Waals surface area contributed by atoms with Gasteiger partial charge in [-0.15, -0.1) is 0 Å². The summed E-state index contributed by atoms with van der Waals surface area (Å²) in [7, 11) is -4.70. The van der Waals surface area contributed by atoms with Gasteiger partial charge in [0.25, 0.3) is 0 Å². The van der Waals surface area contributed by atoms with Gasteiger partial charge < -0.3 is 14.2 Å². The van der Waals surface area contributed by atoms with E-state index in [0.717, 1.165) is 11.1 Å². The fourth-order valence-electron chi connectivity index (χ4n) is 2.93. The molecule has 0 aliphatic carbocycles. The molecular weight excluding hydrogens is 400 g/mol. The Labute approximate surface area is 169 Å². The summed E-state index contributed by atoms with van der Waals surface area (Å²) < 4.78 is 52.4. The highest BCUT2D eigenvalue weighted by atomic mass is 32.3. The van der Waals surface area contributed by atoms with Gasteiger partial charge in [0.2, 0.25) is 0 Å². The lowest BCUT2D eigenvalue weighted by Crippen LogP contribution is -2.48. The van der Waals surface area contributed by atoms with Crippen LogP contribution in [0.1, 0.15) is 17.5 Å². The van der Waals surface area contributed by atoms with E-state index in [-0.39, 0.29) is 26.2 Å². The topological polar surface area (TPSA) is 108 Å². The van der Waals surface area contributed by atoms with E-state index in [2.05, 4.69) is 4.18 Å². The molecule has 2 unspecified atom stereocenters. The number of esters is 1. The van der Waals surface area contributed by atoms with Crippen molar-refractivity contribution < 1.29 is 36.2 Å². The SMILES string of the molecule is O=C(OCc1ccccc1)C1C[C@@H](OCc2ccccc2)C(OS(=O)(=O)O)CO1. The molecule has 8 nitrogen and oxygen atoms in total. The van der Waals surface area contributed by atoms with Crippen LogP contribution in [0.15, 0.2) is 60.7 Å². The Balaban J connectivity index is 1.61. The summed E-state index contributed by atoms with van der Waals surface area (Å²) in [5.74, 6) is -0.576. The average Bonchev–Trinajstić information content (AvgIpc) is 2.71. The van der Waals surface area contributed by atoms with Crippen LogP contribution in [0, 0.1) is 0 Å². The van der Waals surface area contributed by atoms with Gasteiger partial charge in [-0.3, -0.25) is 4.55 Å². The van der Waals surface area contributed by atoms with Crippen molar-refractivity contribution in [3.05, 3.63) is 71.8 Å².